The lowest BCUT2D eigenvalue weighted by Gasteiger charge is -2.16. The smallest absolute Gasteiger partial charge is 0.120 e. The predicted octanol–water partition coefficient (Wildman–Crippen LogP) is 3.09. The Morgan fingerprint density at radius 1 is 1.16 bits per heavy atom. The highest BCUT2D eigenvalue weighted by Gasteiger charge is 2.04. The van der Waals surface area contributed by atoms with Gasteiger partial charge in [-0.2, -0.15) is 0 Å². The van der Waals surface area contributed by atoms with E-state index in [4.69, 9.17) is 9.47 Å². The van der Waals surface area contributed by atoms with Crippen LogP contribution in [0.1, 0.15) is 31.4 Å². The van der Waals surface area contributed by atoms with Crippen molar-refractivity contribution in [3.63, 3.8) is 0 Å². The fourth-order valence-corrected chi connectivity index (χ4v) is 2.02. The fraction of sp³-hybridized carbons (Fsp3) is 0.625. The number of aryl methyl sites for hydroxylation is 2. The molecule has 0 amide bonds. The molecule has 0 bridgehead atoms. The van der Waals surface area contributed by atoms with Gasteiger partial charge in [-0.1, -0.05) is 6.07 Å². The second-order valence-electron chi connectivity index (χ2n) is 5.01. The van der Waals surface area contributed by atoms with Gasteiger partial charge in [0.05, 0.1) is 0 Å². The topological polar surface area (TPSA) is 30.5 Å². The third-order valence-corrected chi connectivity index (χ3v) is 2.81. The first-order valence-electron chi connectivity index (χ1n) is 7.15. The molecule has 1 aromatic carbocycles. The van der Waals surface area contributed by atoms with E-state index in [1.807, 2.05) is 6.92 Å². The van der Waals surface area contributed by atoms with Crippen LogP contribution in [0.15, 0.2) is 18.2 Å². The van der Waals surface area contributed by atoms with Gasteiger partial charge in [0.25, 0.3) is 0 Å². The number of nitrogens with one attached hydrogen (secondary N) is 1. The summed E-state index contributed by atoms with van der Waals surface area (Å²) in [5.41, 5.74) is 2.48. The third kappa shape index (κ3) is 7.19. The Kier molecular flexibility index (Phi) is 7.53. The molecular formula is C16H27NO2. The van der Waals surface area contributed by atoms with Gasteiger partial charge in [0.2, 0.25) is 0 Å². The molecule has 0 saturated carbocycles. The summed E-state index contributed by atoms with van der Waals surface area (Å²) < 4.78 is 11.2. The van der Waals surface area contributed by atoms with E-state index in [-0.39, 0.29) is 6.10 Å². The summed E-state index contributed by atoms with van der Waals surface area (Å²) in [6, 6.07) is 6.32. The minimum Gasteiger partial charge on any atom is -0.489 e. The number of benzene rings is 1. The molecule has 1 atom stereocenters. The van der Waals surface area contributed by atoms with Crippen molar-refractivity contribution < 1.29 is 9.47 Å². The Hall–Kier alpha value is -1.06. The molecule has 0 aromatic heterocycles. The molecule has 1 aromatic rings. The number of hydrogen-bond acceptors (Lipinski definition) is 3. The Labute approximate surface area is 117 Å². The van der Waals surface area contributed by atoms with Crippen LogP contribution in [0.25, 0.3) is 0 Å². The van der Waals surface area contributed by atoms with Gasteiger partial charge in [-0.3, -0.25) is 0 Å². The van der Waals surface area contributed by atoms with Gasteiger partial charge >= 0.3 is 0 Å². The zero-order chi connectivity index (χ0) is 14.1. The van der Waals surface area contributed by atoms with Crippen LogP contribution in [-0.4, -0.2) is 32.4 Å². The number of rotatable bonds is 9. The minimum absolute atomic E-state index is 0.174. The maximum atomic E-state index is 5.91. The van der Waals surface area contributed by atoms with Gasteiger partial charge in [0.1, 0.15) is 11.9 Å². The summed E-state index contributed by atoms with van der Waals surface area (Å²) in [4.78, 5) is 0. The molecule has 3 nitrogen and oxygen atoms in total. The highest BCUT2D eigenvalue weighted by atomic mass is 16.5. The first-order chi connectivity index (χ1) is 9.11. The van der Waals surface area contributed by atoms with E-state index in [1.165, 1.54) is 11.1 Å². The van der Waals surface area contributed by atoms with E-state index in [0.29, 0.717) is 0 Å². The standard InChI is InChI=1S/C16H27NO2/c1-5-18-8-6-7-17-12-15(4)19-16-10-13(2)9-14(3)11-16/h9-11,15,17H,5-8,12H2,1-4H3. The average molecular weight is 265 g/mol. The molecule has 0 saturated heterocycles. The van der Waals surface area contributed by atoms with Crippen molar-refractivity contribution in [2.75, 3.05) is 26.3 Å². The molecule has 3 heteroatoms. The van der Waals surface area contributed by atoms with Crippen molar-refractivity contribution in [2.24, 2.45) is 0 Å². The van der Waals surface area contributed by atoms with Crippen LogP contribution >= 0.6 is 0 Å². The molecule has 1 rings (SSSR count). The average Bonchev–Trinajstić information content (AvgIpc) is 2.32. The van der Waals surface area contributed by atoms with Crippen LogP contribution in [0, 0.1) is 13.8 Å². The van der Waals surface area contributed by atoms with Gasteiger partial charge in [0.15, 0.2) is 0 Å². The summed E-state index contributed by atoms with van der Waals surface area (Å²) in [6.07, 6.45) is 1.22. The summed E-state index contributed by atoms with van der Waals surface area (Å²) in [5.74, 6) is 0.959. The quantitative estimate of drug-likeness (QED) is 0.696. The highest BCUT2D eigenvalue weighted by molar-refractivity contribution is 5.33. The monoisotopic (exact) mass is 265 g/mol. The van der Waals surface area contributed by atoms with Gasteiger partial charge in [-0.15, -0.1) is 0 Å². The summed E-state index contributed by atoms with van der Waals surface area (Å²) in [5, 5.41) is 3.39. The molecule has 1 N–H and O–H groups in total. The molecule has 0 spiro atoms. The molecule has 19 heavy (non-hydrogen) atoms. The van der Waals surface area contributed by atoms with Crippen molar-refractivity contribution in [1.82, 2.24) is 5.32 Å². The van der Waals surface area contributed by atoms with E-state index in [2.05, 4.69) is 44.3 Å². The molecule has 0 aliphatic carbocycles. The third-order valence-electron chi connectivity index (χ3n) is 2.81. The van der Waals surface area contributed by atoms with Crippen LogP contribution in [0.4, 0.5) is 0 Å². The van der Waals surface area contributed by atoms with Crippen molar-refractivity contribution in [1.29, 1.82) is 0 Å². The maximum Gasteiger partial charge on any atom is 0.120 e. The maximum absolute atomic E-state index is 5.91. The van der Waals surface area contributed by atoms with Crippen LogP contribution < -0.4 is 10.1 Å². The van der Waals surface area contributed by atoms with E-state index < -0.39 is 0 Å². The van der Waals surface area contributed by atoms with Crippen molar-refractivity contribution >= 4 is 0 Å². The molecule has 0 fully saturated rings. The van der Waals surface area contributed by atoms with Crippen LogP contribution in [0.3, 0.4) is 0 Å². The summed E-state index contributed by atoms with van der Waals surface area (Å²) >= 11 is 0. The molecule has 0 radical (unpaired) electrons. The predicted molar refractivity (Wildman–Crippen MR) is 80.0 cm³/mol. The Balaban J connectivity index is 2.21. The van der Waals surface area contributed by atoms with E-state index in [0.717, 1.165) is 38.5 Å². The zero-order valence-corrected chi connectivity index (χ0v) is 12.7. The zero-order valence-electron chi connectivity index (χ0n) is 12.7. The lowest BCUT2D eigenvalue weighted by atomic mass is 10.1. The first-order valence-corrected chi connectivity index (χ1v) is 7.15. The minimum atomic E-state index is 0.174. The summed E-state index contributed by atoms with van der Waals surface area (Å²) in [6.45, 7) is 11.8. The summed E-state index contributed by atoms with van der Waals surface area (Å²) in [7, 11) is 0. The van der Waals surface area contributed by atoms with Crippen molar-refractivity contribution in [2.45, 2.75) is 40.2 Å². The molecule has 108 valence electrons. The highest BCUT2D eigenvalue weighted by Crippen LogP contribution is 2.17. The van der Waals surface area contributed by atoms with Crippen LogP contribution in [0.2, 0.25) is 0 Å². The van der Waals surface area contributed by atoms with Crippen molar-refractivity contribution in [3.05, 3.63) is 29.3 Å². The molecule has 0 aliphatic heterocycles. The van der Waals surface area contributed by atoms with E-state index in [1.54, 1.807) is 0 Å². The van der Waals surface area contributed by atoms with Gasteiger partial charge in [0, 0.05) is 19.8 Å². The lowest BCUT2D eigenvalue weighted by Crippen LogP contribution is -2.30. The van der Waals surface area contributed by atoms with Gasteiger partial charge in [-0.05, 0) is 63.9 Å². The normalized spacial score (nSPS) is 12.4. The number of hydrogen-bond donors (Lipinski definition) is 1. The van der Waals surface area contributed by atoms with Gasteiger partial charge < -0.3 is 14.8 Å². The Morgan fingerprint density at radius 3 is 2.47 bits per heavy atom. The van der Waals surface area contributed by atoms with Crippen molar-refractivity contribution in [3.8, 4) is 5.75 Å². The molecular weight excluding hydrogens is 238 g/mol. The van der Waals surface area contributed by atoms with E-state index in [9.17, 15) is 0 Å². The first kappa shape index (κ1) is 16.0. The Bertz CT molecular complexity index is 346. The molecule has 0 heterocycles. The second kappa shape index (κ2) is 8.94. The lowest BCUT2D eigenvalue weighted by molar-refractivity contribution is 0.143. The van der Waals surface area contributed by atoms with Gasteiger partial charge in [-0.25, -0.2) is 0 Å². The second-order valence-corrected chi connectivity index (χ2v) is 5.01. The van der Waals surface area contributed by atoms with E-state index >= 15 is 0 Å². The Morgan fingerprint density at radius 2 is 1.84 bits per heavy atom. The fourth-order valence-electron chi connectivity index (χ4n) is 2.02. The van der Waals surface area contributed by atoms with Crippen LogP contribution in [0.5, 0.6) is 5.75 Å². The number of ether oxygens (including phenoxy) is 2. The largest absolute Gasteiger partial charge is 0.489 e. The molecule has 1 unspecified atom stereocenters. The van der Waals surface area contributed by atoms with Crippen LogP contribution in [-0.2, 0) is 4.74 Å². The SMILES string of the molecule is CCOCCCNCC(C)Oc1cc(C)cc(C)c1. The molecule has 0 aliphatic rings.